The van der Waals surface area contributed by atoms with Gasteiger partial charge >= 0.3 is 11.9 Å². The van der Waals surface area contributed by atoms with Gasteiger partial charge in [0, 0.05) is 29.3 Å². The number of ether oxygens (including phenoxy) is 4. The van der Waals surface area contributed by atoms with Crippen LogP contribution in [-0.2, 0) is 25.7 Å². The van der Waals surface area contributed by atoms with Crippen molar-refractivity contribution in [2.24, 2.45) is 10.9 Å². The second-order valence-electron chi connectivity index (χ2n) is 10.4. The Kier molecular flexibility index (Phi) is 8.52. The van der Waals surface area contributed by atoms with Crippen LogP contribution in [0.15, 0.2) is 89.1 Å². The molecular formula is C34H33NO7. The zero-order valence-corrected chi connectivity index (χ0v) is 24.1. The Bertz CT molecular complexity index is 1560. The number of Topliss-reactive ketones (excluding diaryl/α,β-unsaturated/α-hetero) is 1. The molecule has 0 bridgehead atoms. The number of carbonyl (C=O) groups excluding carboxylic acids is 3. The number of ketones is 1. The molecular weight excluding hydrogens is 534 g/mol. The van der Waals surface area contributed by atoms with Crippen molar-refractivity contribution >= 4 is 23.4 Å². The molecule has 42 heavy (non-hydrogen) atoms. The van der Waals surface area contributed by atoms with E-state index in [2.05, 4.69) is 0 Å². The minimum absolute atomic E-state index is 0.0739. The lowest BCUT2D eigenvalue weighted by Crippen LogP contribution is -2.38. The van der Waals surface area contributed by atoms with Crippen LogP contribution in [0.2, 0.25) is 0 Å². The van der Waals surface area contributed by atoms with Crippen molar-refractivity contribution in [3.8, 4) is 11.5 Å². The van der Waals surface area contributed by atoms with Gasteiger partial charge in [0.15, 0.2) is 17.3 Å². The van der Waals surface area contributed by atoms with Crippen LogP contribution in [0.4, 0.5) is 0 Å². The van der Waals surface area contributed by atoms with E-state index in [1.165, 1.54) is 7.11 Å². The monoisotopic (exact) mass is 567 g/mol. The first-order valence-corrected chi connectivity index (χ1v) is 13.8. The van der Waals surface area contributed by atoms with Crippen LogP contribution < -0.4 is 9.47 Å². The number of allylic oxidation sites excluding steroid dienone is 2. The molecule has 0 fully saturated rings. The highest BCUT2D eigenvalue weighted by atomic mass is 16.5. The lowest BCUT2D eigenvalue weighted by Gasteiger charge is -2.36. The smallest absolute Gasteiger partial charge is 0.337 e. The Hall–Kier alpha value is -4.72. The van der Waals surface area contributed by atoms with E-state index in [1.54, 1.807) is 45.4 Å². The molecule has 0 saturated heterocycles. The minimum Gasteiger partial charge on any atom is -0.493 e. The average molecular weight is 568 g/mol. The van der Waals surface area contributed by atoms with E-state index in [-0.39, 0.29) is 24.7 Å². The highest BCUT2D eigenvalue weighted by Gasteiger charge is 2.45. The molecule has 3 aromatic rings. The Labute approximate surface area is 245 Å². The average Bonchev–Trinajstić information content (AvgIpc) is 3.02. The van der Waals surface area contributed by atoms with Gasteiger partial charge in [0.25, 0.3) is 0 Å². The van der Waals surface area contributed by atoms with Crippen molar-refractivity contribution in [1.29, 1.82) is 0 Å². The molecule has 216 valence electrons. The predicted molar refractivity (Wildman–Crippen MR) is 157 cm³/mol. The lowest BCUT2D eigenvalue weighted by molar-refractivity contribution is -0.148. The van der Waals surface area contributed by atoms with Crippen molar-refractivity contribution in [3.05, 3.63) is 106 Å². The summed E-state index contributed by atoms with van der Waals surface area (Å²) in [5.41, 5.74) is 4.68. The third kappa shape index (κ3) is 5.70. The summed E-state index contributed by atoms with van der Waals surface area (Å²) in [5.74, 6) is -1.30. The molecule has 0 N–H and O–H groups in total. The fourth-order valence-electron chi connectivity index (χ4n) is 5.83. The summed E-state index contributed by atoms with van der Waals surface area (Å²) in [6, 6.07) is 21.9. The van der Waals surface area contributed by atoms with E-state index in [4.69, 9.17) is 23.9 Å². The minimum atomic E-state index is -0.794. The van der Waals surface area contributed by atoms with Crippen LogP contribution >= 0.6 is 0 Å². The molecule has 0 spiro atoms. The standard InChI is InChI=1S/C34H33NO7/c1-20-30(34(38)42-19-21-8-6-5-7-9-21)31(22-10-12-23(13-11-22)33(37)41-4)32-26(35-20)16-25(17-27(32)36)24-14-15-28(39-2)29(18-24)40-3/h5-15,18,25,30-31H,16-17,19H2,1-4H3/t25-,30?,31+/m0/s1. The number of aliphatic imine (C=N–C) groups is 1. The van der Waals surface area contributed by atoms with E-state index in [1.807, 2.05) is 48.5 Å². The largest absolute Gasteiger partial charge is 0.493 e. The zero-order chi connectivity index (χ0) is 29.8. The molecule has 8 nitrogen and oxygen atoms in total. The number of esters is 2. The van der Waals surface area contributed by atoms with E-state index < -0.39 is 23.8 Å². The first-order chi connectivity index (χ1) is 20.3. The van der Waals surface area contributed by atoms with E-state index in [9.17, 15) is 14.4 Å². The molecule has 1 heterocycles. The van der Waals surface area contributed by atoms with Gasteiger partial charge < -0.3 is 18.9 Å². The maximum Gasteiger partial charge on any atom is 0.337 e. The van der Waals surface area contributed by atoms with Crippen molar-refractivity contribution in [2.45, 2.75) is 38.2 Å². The van der Waals surface area contributed by atoms with Gasteiger partial charge in [-0.15, -0.1) is 0 Å². The second kappa shape index (κ2) is 12.4. The van der Waals surface area contributed by atoms with Crippen LogP contribution in [-0.4, -0.2) is 44.8 Å². The van der Waals surface area contributed by atoms with Gasteiger partial charge in [-0.05, 0) is 60.2 Å². The molecule has 3 atom stereocenters. The van der Waals surface area contributed by atoms with Crippen LogP contribution in [0, 0.1) is 5.92 Å². The summed E-state index contributed by atoms with van der Waals surface area (Å²) >= 11 is 0. The molecule has 0 aromatic heterocycles. The topological polar surface area (TPSA) is 100 Å². The van der Waals surface area contributed by atoms with Gasteiger partial charge in [-0.2, -0.15) is 0 Å². The second-order valence-corrected chi connectivity index (χ2v) is 10.4. The van der Waals surface area contributed by atoms with Crippen LogP contribution in [0.1, 0.15) is 58.6 Å². The number of rotatable bonds is 8. The zero-order valence-electron chi connectivity index (χ0n) is 24.1. The summed E-state index contributed by atoms with van der Waals surface area (Å²) in [4.78, 5) is 44.5. The highest BCUT2D eigenvalue weighted by molar-refractivity contribution is 6.09. The Morgan fingerprint density at radius 3 is 2.21 bits per heavy atom. The molecule has 0 saturated carbocycles. The summed E-state index contributed by atoms with van der Waals surface area (Å²) in [5, 5.41) is 0. The molecule has 1 aliphatic heterocycles. The first kappa shape index (κ1) is 28.8. The quantitative estimate of drug-likeness (QED) is 0.317. The molecule has 0 amide bonds. The first-order valence-electron chi connectivity index (χ1n) is 13.8. The maximum absolute atomic E-state index is 13.9. The van der Waals surface area contributed by atoms with Crippen LogP contribution in [0.25, 0.3) is 0 Å². The van der Waals surface area contributed by atoms with Crippen molar-refractivity contribution in [2.75, 3.05) is 21.3 Å². The molecule has 8 heteroatoms. The van der Waals surface area contributed by atoms with Gasteiger partial charge in [0.05, 0.1) is 26.9 Å². The Balaban J connectivity index is 1.52. The van der Waals surface area contributed by atoms with E-state index >= 15 is 0 Å². The number of hydrogen-bond donors (Lipinski definition) is 0. The molecule has 1 aliphatic carbocycles. The summed E-state index contributed by atoms with van der Waals surface area (Å²) in [6.45, 7) is 1.91. The van der Waals surface area contributed by atoms with Gasteiger partial charge in [0.2, 0.25) is 0 Å². The third-order valence-corrected chi connectivity index (χ3v) is 7.94. The van der Waals surface area contributed by atoms with E-state index in [0.29, 0.717) is 40.5 Å². The third-order valence-electron chi connectivity index (χ3n) is 7.94. The Morgan fingerprint density at radius 2 is 1.55 bits per heavy atom. The molecule has 3 aromatic carbocycles. The number of hydrogen-bond acceptors (Lipinski definition) is 8. The number of methoxy groups -OCH3 is 3. The SMILES string of the molecule is COC(=O)c1ccc([C@H]2C3=C(C[C@H](c4ccc(OC)c(OC)c4)CC3=O)N=C(C)C2C(=O)OCc2ccccc2)cc1. The fraction of sp³-hybridized carbons (Fsp3) is 0.294. The number of carbonyl (C=O) groups is 3. The van der Waals surface area contributed by atoms with Crippen LogP contribution in [0.3, 0.4) is 0 Å². The van der Waals surface area contributed by atoms with Crippen molar-refractivity contribution in [3.63, 3.8) is 0 Å². The summed E-state index contributed by atoms with van der Waals surface area (Å²) in [7, 11) is 4.48. The number of nitrogens with zero attached hydrogens (tertiary/aromatic N) is 1. The van der Waals surface area contributed by atoms with Gasteiger partial charge in [0.1, 0.15) is 12.5 Å². The van der Waals surface area contributed by atoms with Crippen molar-refractivity contribution in [1.82, 2.24) is 0 Å². The molecule has 1 unspecified atom stereocenters. The van der Waals surface area contributed by atoms with Crippen molar-refractivity contribution < 1.29 is 33.3 Å². The normalized spacial score (nSPS) is 19.9. The molecule has 2 aliphatic rings. The Morgan fingerprint density at radius 1 is 0.857 bits per heavy atom. The molecule has 5 rings (SSSR count). The van der Waals surface area contributed by atoms with Crippen LogP contribution in [0.5, 0.6) is 11.5 Å². The van der Waals surface area contributed by atoms with Gasteiger partial charge in [-0.25, -0.2) is 4.79 Å². The van der Waals surface area contributed by atoms with Gasteiger partial charge in [-0.3, -0.25) is 14.6 Å². The summed E-state index contributed by atoms with van der Waals surface area (Å²) in [6.07, 6.45) is 0.780. The fourth-order valence-corrected chi connectivity index (χ4v) is 5.83. The predicted octanol–water partition coefficient (Wildman–Crippen LogP) is 5.81. The van der Waals surface area contributed by atoms with E-state index in [0.717, 1.165) is 16.7 Å². The summed E-state index contributed by atoms with van der Waals surface area (Å²) < 4.78 is 21.5. The lowest BCUT2D eigenvalue weighted by atomic mass is 9.69. The maximum atomic E-state index is 13.9. The highest BCUT2D eigenvalue weighted by Crippen LogP contribution is 2.47. The molecule has 0 radical (unpaired) electrons. The van der Waals surface area contributed by atoms with Gasteiger partial charge in [-0.1, -0.05) is 48.5 Å². The number of benzene rings is 3.